The summed E-state index contributed by atoms with van der Waals surface area (Å²) in [5, 5.41) is 10.8. The van der Waals surface area contributed by atoms with E-state index in [0.29, 0.717) is 19.7 Å². The molecule has 8 heteroatoms. The molecule has 1 rings (SSSR count). The van der Waals surface area contributed by atoms with Crippen molar-refractivity contribution in [2.75, 3.05) is 32.5 Å². The van der Waals surface area contributed by atoms with Crippen molar-refractivity contribution in [1.29, 1.82) is 0 Å². The Hall–Kier alpha value is -1.86. The third kappa shape index (κ3) is 3.58. The Bertz CT molecular complexity index is 522. The zero-order valence-corrected chi connectivity index (χ0v) is 12.0. The minimum atomic E-state index is -0.618. The summed E-state index contributed by atoms with van der Waals surface area (Å²) in [4.78, 5) is 24.0. The number of nitrogen functional groups attached to an aromatic ring is 1. The van der Waals surface area contributed by atoms with Gasteiger partial charge in [-0.3, -0.25) is 14.9 Å². The normalized spacial score (nSPS) is 10.3. The van der Waals surface area contributed by atoms with Gasteiger partial charge < -0.3 is 15.4 Å². The second-order valence-electron chi connectivity index (χ2n) is 4.02. The first-order valence-electron chi connectivity index (χ1n) is 5.94. The molecule has 7 nitrogen and oxygen atoms in total. The van der Waals surface area contributed by atoms with Crippen molar-refractivity contribution in [1.82, 2.24) is 4.90 Å². The highest BCUT2D eigenvalue weighted by molar-refractivity contribution is 6.34. The molecule has 1 aromatic rings. The van der Waals surface area contributed by atoms with E-state index < -0.39 is 10.8 Å². The van der Waals surface area contributed by atoms with Gasteiger partial charge in [0.25, 0.3) is 11.6 Å². The first kappa shape index (κ1) is 16.2. The maximum Gasteiger partial charge on any atom is 0.271 e. The largest absolute Gasteiger partial charge is 0.397 e. The van der Waals surface area contributed by atoms with Crippen molar-refractivity contribution in [2.45, 2.75) is 6.92 Å². The minimum absolute atomic E-state index is 0.00894. The van der Waals surface area contributed by atoms with Crippen LogP contribution >= 0.6 is 11.6 Å². The first-order valence-corrected chi connectivity index (χ1v) is 6.31. The maximum absolute atomic E-state index is 12.3. The van der Waals surface area contributed by atoms with E-state index >= 15 is 0 Å². The van der Waals surface area contributed by atoms with E-state index in [2.05, 4.69) is 0 Å². The standard InChI is InChI=1S/C12H16ClN3O4/c1-3-15(4-5-20-2)12(17)9-6-8(16(18)19)7-10(13)11(9)14/h6-7H,3-5,14H2,1-2H3. The average Bonchev–Trinajstić information content (AvgIpc) is 2.42. The van der Waals surface area contributed by atoms with Crippen molar-refractivity contribution >= 4 is 28.9 Å². The zero-order chi connectivity index (χ0) is 15.3. The Kier molecular flexibility index (Phi) is 5.72. The summed E-state index contributed by atoms with van der Waals surface area (Å²) >= 11 is 5.83. The molecule has 0 bridgehead atoms. The monoisotopic (exact) mass is 301 g/mol. The summed E-state index contributed by atoms with van der Waals surface area (Å²) in [6.45, 7) is 2.96. The van der Waals surface area contributed by atoms with Crippen molar-refractivity contribution in [3.63, 3.8) is 0 Å². The van der Waals surface area contributed by atoms with Crippen LogP contribution in [0.2, 0.25) is 5.02 Å². The van der Waals surface area contributed by atoms with Crippen LogP contribution in [-0.4, -0.2) is 42.5 Å². The van der Waals surface area contributed by atoms with E-state index in [1.807, 2.05) is 0 Å². The van der Waals surface area contributed by atoms with E-state index in [9.17, 15) is 14.9 Å². The molecule has 0 saturated carbocycles. The summed E-state index contributed by atoms with van der Waals surface area (Å²) in [6, 6.07) is 2.26. The number of nitrogens with zero attached hydrogens (tertiary/aromatic N) is 2. The molecule has 20 heavy (non-hydrogen) atoms. The number of hydrogen-bond acceptors (Lipinski definition) is 5. The van der Waals surface area contributed by atoms with Gasteiger partial charge in [0.1, 0.15) is 0 Å². The lowest BCUT2D eigenvalue weighted by molar-refractivity contribution is -0.384. The lowest BCUT2D eigenvalue weighted by Crippen LogP contribution is -2.34. The lowest BCUT2D eigenvalue weighted by atomic mass is 10.1. The minimum Gasteiger partial charge on any atom is -0.397 e. The molecule has 110 valence electrons. The second kappa shape index (κ2) is 7.06. The predicted octanol–water partition coefficient (Wildman–Crippen LogP) is 1.94. The third-order valence-corrected chi connectivity index (χ3v) is 3.10. The van der Waals surface area contributed by atoms with E-state index in [4.69, 9.17) is 22.1 Å². The maximum atomic E-state index is 12.3. The number of nitro groups is 1. The number of amides is 1. The number of carbonyl (C=O) groups is 1. The van der Waals surface area contributed by atoms with Gasteiger partial charge in [-0.25, -0.2) is 0 Å². The summed E-state index contributed by atoms with van der Waals surface area (Å²) in [5.74, 6) is -0.410. The van der Waals surface area contributed by atoms with E-state index in [1.54, 1.807) is 6.92 Å². The van der Waals surface area contributed by atoms with Gasteiger partial charge in [-0.2, -0.15) is 0 Å². The number of non-ortho nitro benzene ring substituents is 1. The summed E-state index contributed by atoms with van der Waals surface area (Å²) < 4.78 is 4.92. The van der Waals surface area contributed by atoms with Crippen LogP contribution in [0.5, 0.6) is 0 Å². The highest BCUT2D eigenvalue weighted by Gasteiger charge is 2.22. The Labute approximate surface area is 121 Å². The van der Waals surface area contributed by atoms with Crippen LogP contribution in [0, 0.1) is 10.1 Å². The van der Waals surface area contributed by atoms with Crippen LogP contribution in [-0.2, 0) is 4.74 Å². The van der Waals surface area contributed by atoms with Crippen LogP contribution in [0.4, 0.5) is 11.4 Å². The molecule has 0 atom stereocenters. The Balaban J connectivity index is 3.16. The fraction of sp³-hybridized carbons (Fsp3) is 0.417. The van der Waals surface area contributed by atoms with Gasteiger partial charge in [0.2, 0.25) is 0 Å². The van der Waals surface area contributed by atoms with Crippen LogP contribution in [0.3, 0.4) is 0 Å². The van der Waals surface area contributed by atoms with Crippen molar-refractivity contribution in [2.24, 2.45) is 0 Å². The van der Waals surface area contributed by atoms with Crippen LogP contribution in [0.25, 0.3) is 0 Å². The fourth-order valence-electron chi connectivity index (χ4n) is 1.66. The number of ether oxygens (including phenoxy) is 1. The van der Waals surface area contributed by atoms with Gasteiger partial charge in [0.15, 0.2) is 0 Å². The quantitative estimate of drug-likeness (QED) is 0.492. The number of likely N-dealkylation sites (N-methyl/N-ethyl adjacent to an activating group) is 1. The van der Waals surface area contributed by atoms with Crippen molar-refractivity contribution < 1.29 is 14.5 Å². The number of nitrogens with two attached hydrogens (primary N) is 1. The third-order valence-electron chi connectivity index (χ3n) is 2.79. The number of anilines is 1. The van der Waals surface area contributed by atoms with Gasteiger partial charge in [0.05, 0.1) is 27.8 Å². The molecule has 1 amide bonds. The molecule has 0 aliphatic heterocycles. The van der Waals surface area contributed by atoms with Crippen LogP contribution in [0.15, 0.2) is 12.1 Å². The van der Waals surface area contributed by atoms with Crippen LogP contribution in [0.1, 0.15) is 17.3 Å². The average molecular weight is 302 g/mol. The molecule has 0 fully saturated rings. The van der Waals surface area contributed by atoms with Gasteiger partial charge in [-0.1, -0.05) is 11.6 Å². The SMILES string of the molecule is CCN(CCOC)C(=O)c1cc([N+](=O)[O-])cc(Cl)c1N. The Morgan fingerprint density at radius 1 is 1.55 bits per heavy atom. The first-order chi connectivity index (χ1) is 9.42. The van der Waals surface area contributed by atoms with Crippen molar-refractivity contribution in [3.05, 3.63) is 32.8 Å². The molecule has 0 saturated heterocycles. The molecular formula is C12H16ClN3O4. The molecule has 0 aliphatic carbocycles. The molecule has 0 spiro atoms. The van der Waals surface area contributed by atoms with Gasteiger partial charge >= 0.3 is 0 Å². The number of methoxy groups -OCH3 is 1. The Morgan fingerprint density at radius 2 is 2.20 bits per heavy atom. The zero-order valence-electron chi connectivity index (χ0n) is 11.3. The highest BCUT2D eigenvalue weighted by Crippen LogP contribution is 2.29. The number of rotatable bonds is 6. The number of nitro benzene ring substituents is 1. The van der Waals surface area contributed by atoms with E-state index in [-0.39, 0.29) is 22.0 Å². The smallest absolute Gasteiger partial charge is 0.271 e. The van der Waals surface area contributed by atoms with Gasteiger partial charge in [0, 0.05) is 32.3 Å². The summed E-state index contributed by atoms with van der Waals surface area (Å²) in [5.41, 5.74) is 5.54. The molecule has 2 N–H and O–H groups in total. The molecular weight excluding hydrogens is 286 g/mol. The number of halogens is 1. The second-order valence-corrected chi connectivity index (χ2v) is 4.43. The Morgan fingerprint density at radius 3 is 2.70 bits per heavy atom. The molecule has 0 unspecified atom stereocenters. The van der Waals surface area contributed by atoms with E-state index in [1.165, 1.54) is 12.0 Å². The molecule has 0 aromatic heterocycles. The summed E-state index contributed by atoms with van der Waals surface area (Å²) in [6.07, 6.45) is 0. The molecule has 0 aliphatic rings. The van der Waals surface area contributed by atoms with Crippen molar-refractivity contribution in [3.8, 4) is 0 Å². The molecule has 1 aromatic carbocycles. The lowest BCUT2D eigenvalue weighted by Gasteiger charge is -2.21. The number of carbonyl (C=O) groups excluding carboxylic acids is 1. The number of hydrogen-bond donors (Lipinski definition) is 1. The highest BCUT2D eigenvalue weighted by atomic mass is 35.5. The van der Waals surface area contributed by atoms with Gasteiger partial charge in [-0.05, 0) is 6.92 Å². The fourth-order valence-corrected chi connectivity index (χ4v) is 1.87. The molecule has 0 heterocycles. The van der Waals surface area contributed by atoms with Gasteiger partial charge in [-0.15, -0.1) is 0 Å². The molecule has 0 radical (unpaired) electrons. The van der Waals surface area contributed by atoms with E-state index in [0.717, 1.165) is 12.1 Å². The predicted molar refractivity (Wildman–Crippen MR) is 76.0 cm³/mol. The summed E-state index contributed by atoms with van der Waals surface area (Å²) in [7, 11) is 1.52. The number of benzene rings is 1. The van der Waals surface area contributed by atoms with Crippen LogP contribution < -0.4 is 5.73 Å². The topological polar surface area (TPSA) is 98.7 Å².